The molecule has 0 aromatic carbocycles. The molecule has 1 unspecified atom stereocenters. The van der Waals surface area contributed by atoms with Gasteiger partial charge in [-0.15, -0.1) is 0 Å². The first-order valence-electron chi connectivity index (χ1n) is 4.67. The number of hydrogen-bond acceptors (Lipinski definition) is 1. The molecule has 1 atom stereocenters. The lowest BCUT2D eigenvalue weighted by molar-refractivity contribution is -0.125. The molecule has 0 radical (unpaired) electrons. The Hall–Kier alpha value is -0.790. The second-order valence-corrected chi connectivity index (χ2v) is 3.42. The molecule has 1 N–H and O–H groups in total. The van der Waals surface area contributed by atoms with E-state index >= 15 is 0 Å². The van der Waals surface area contributed by atoms with Crippen LogP contribution in [0.3, 0.4) is 0 Å². The summed E-state index contributed by atoms with van der Waals surface area (Å²) >= 11 is 0. The number of allylic oxidation sites excluding steroid dienone is 2. The van der Waals surface area contributed by atoms with Crippen molar-refractivity contribution in [1.82, 2.24) is 5.32 Å². The highest BCUT2D eigenvalue weighted by molar-refractivity contribution is 5.78. The van der Waals surface area contributed by atoms with Gasteiger partial charge in [-0.25, -0.2) is 0 Å². The summed E-state index contributed by atoms with van der Waals surface area (Å²) in [4.78, 5) is 11.4. The van der Waals surface area contributed by atoms with Gasteiger partial charge in [0, 0.05) is 12.5 Å². The number of carbonyl (C=O) groups is 1. The molecule has 0 aromatic rings. The maximum Gasteiger partial charge on any atom is 0.223 e. The maximum atomic E-state index is 11.4. The van der Waals surface area contributed by atoms with Gasteiger partial charge in [-0.3, -0.25) is 4.79 Å². The van der Waals surface area contributed by atoms with Gasteiger partial charge in [0.2, 0.25) is 5.91 Å². The third-order valence-corrected chi connectivity index (χ3v) is 2.36. The predicted octanol–water partition coefficient (Wildman–Crippen LogP) is 1.87. The van der Waals surface area contributed by atoms with E-state index in [1.54, 1.807) is 0 Å². The van der Waals surface area contributed by atoms with Crippen LogP contribution in [0.5, 0.6) is 0 Å². The Bertz CT molecular complexity index is 196. The Kier molecular flexibility index (Phi) is 3.32. The van der Waals surface area contributed by atoms with Crippen molar-refractivity contribution < 1.29 is 4.79 Å². The van der Waals surface area contributed by atoms with Crippen molar-refractivity contribution in [2.75, 3.05) is 6.54 Å². The van der Waals surface area contributed by atoms with E-state index in [4.69, 9.17) is 0 Å². The Balaban J connectivity index is 2.40. The summed E-state index contributed by atoms with van der Waals surface area (Å²) < 4.78 is 0. The zero-order chi connectivity index (χ0) is 8.97. The molecule has 0 aromatic heterocycles. The van der Waals surface area contributed by atoms with E-state index in [2.05, 4.69) is 18.3 Å². The molecule has 0 bridgehead atoms. The third kappa shape index (κ3) is 2.36. The molecular weight excluding hydrogens is 150 g/mol. The summed E-state index contributed by atoms with van der Waals surface area (Å²) in [5.41, 5.74) is 1.43. The molecule has 1 aliphatic carbocycles. The van der Waals surface area contributed by atoms with Gasteiger partial charge < -0.3 is 5.32 Å². The minimum atomic E-state index is 0.223. The number of rotatable bonds is 2. The largest absolute Gasteiger partial charge is 0.356 e. The van der Waals surface area contributed by atoms with E-state index in [-0.39, 0.29) is 11.8 Å². The van der Waals surface area contributed by atoms with Crippen LogP contribution in [0.2, 0.25) is 0 Å². The van der Waals surface area contributed by atoms with Gasteiger partial charge in [-0.05, 0) is 33.1 Å². The van der Waals surface area contributed by atoms with Crippen molar-refractivity contribution in [2.45, 2.75) is 33.1 Å². The molecule has 2 heteroatoms. The number of carbonyl (C=O) groups excluding carboxylic acids is 1. The molecule has 0 aliphatic heterocycles. The Morgan fingerprint density at radius 1 is 1.75 bits per heavy atom. The zero-order valence-corrected chi connectivity index (χ0v) is 7.89. The summed E-state index contributed by atoms with van der Waals surface area (Å²) in [7, 11) is 0. The van der Waals surface area contributed by atoms with Gasteiger partial charge in [0.1, 0.15) is 0 Å². The second-order valence-electron chi connectivity index (χ2n) is 3.42. The topological polar surface area (TPSA) is 29.1 Å². The van der Waals surface area contributed by atoms with Crippen LogP contribution in [0.25, 0.3) is 0 Å². The molecule has 0 fully saturated rings. The van der Waals surface area contributed by atoms with Gasteiger partial charge in [-0.1, -0.05) is 11.6 Å². The molecule has 2 nitrogen and oxygen atoms in total. The van der Waals surface area contributed by atoms with Gasteiger partial charge >= 0.3 is 0 Å². The molecule has 0 saturated heterocycles. The van der Waals surface area contributed by atoms with Crippen LogP contribution in [-0.2, 0) is 4.79 Å². The lowest BCUT2D eigenvalue weighted by Gasteiger charge is -2.19. The third-order valence-electron chi connectivity index (χ3n) is 2.36. The highest BCUT2D eigenvalue weighted by Crippen LogP contribution is 2.22. The predicted molar refractivity (Wildman–Crippen MR) is 49.8 cm³/mol. The average Bonchev–Trinajstić information content (AvgIpc) is 2.06. The Labute approximate surface area is 74.0 Å². The van der Waals surface area contributed by atoms with E-state index < -0.39 is 0 Å². The molecule has 1 rings (SSSR count). The summed E-state index contributed by atoms with van der Waals surface area (Å²) in [5, 5.41) is 2.86. The van der Waals surface area contributed by atoms with Crippen molar-refractivity contribution in [3.63, 3.8) is 0 Å². The Morgan fingerprint density at radius 3 is 3.00 bits per heavy atom. The molecule has 0 spiro atoms. The molecule has 68 valence electrons. The zero-order valence-electron chi connectivity index (χ0n) is 7.89. The van der Waals surface area contributed by atoms with Crippen molar-refractivity contribution in [1.29, 1.82) is 0 Å². The van der Waals surface area contributed by atoms with E-state index in [0.29, 0.717) is 0 Å². The number of amides is 1. The smallest absolute Gasteiger partial charge is 0.223 e. The van der Waals surface area contributed by atoms with E-state index in [1.165, 1.54) is 5.57 Å². The molecule has 1 aliphatic rings. The van der Waals surface area contributed by atoms with Gasteiger partial charge in [-0.2, -0.15) is 0 Å². The highest BCUT2D eigenvalue weighted by Gasteiger charge is 2.19. The average molecular weight is 167 g/mol. The van der Waals surface area contributed by atoms with Crippen LogP contribution in [0.4, 0.5) is 0 Å². The van der Waals surface area contributed by atoms with Crippen molar-refractivity contribution in [3.8, 4) is 0 Å². The first kappa shape index (κ1) is 9.30. The van der Waals surface area contributed by atoms with Crippen LogP contribution in [0, 0.1) is 5.92 Å². The highest BCUT2D eigenvalue weighted by atomic mass is 16.1. The first-order valence-corrected chi connectivity index (χ1v) is 4.67. The van der Waals surface area contributed by atoms with Gasteiger partial charge in [0.15, 0.2) is 0 Å². The fourth-order valence-corrected chi connectivity index (χ4v) is 1.52. The van der Waals surface area contributed by atoms with Crippen LogP contribution in [-0.4, -0.2) is 12.5 Å². The van der Waals surface area contributed by atoms with Crippen LogP contribution in [0.1, 0.15) is 33.1 Å². The maximum absolute atomic E-state index is 11.4. The minimum Gasteiger partial charge on any atom is -0.356 e. The normalized spacial score (nSPS) is 23.2. The molecule has 12 heavy (non-hydrogen) atoms. The molecular formula is C10H17NO. The summed E-state index contributed by atoms with van der Waals surface area (Å²) in [6, 6.07) is 0. The summed E-state index contributed by atoms with van der Waals surface area (Å²) in [6.07, 6.45) is 5.22. The van der Waals surface area contributed by atoms with Crippen LogP contribution < -0.4 is 5.32 Å². The monoisotopic (exact) mass is 167 g/mol. The van der Waals surface area contributed by atoms with Crippen molar-refractivity contribution in [3.05, 3.63) is 11.6 Å². The van der Waals surface area contributed by atoms with E-state index in [1.807, 2.05) is 6.92 Å². The molecule has 0 heterocycles. The molecule has 0 saturated carbocycles. The quantitative estimate of drug-likeness (QED) is 0.625. The number of nitrogens with one attached hydrogen (secondary N) is 1. The Morgan fingerprint density at radius 2 is 2.50 bits per heavy atom. The standard InChI is InChI=1S/C10H17NO/c1-3-11-10(12)9-6-4-8(2)5-7-9/h4,9H,3,5-7H2,1-2H3,(H,11,12). The fraction of sp³-hybridized carbons (Fsp3) is 0.700. The lowest BCUT2D eigenvalue weighted by atomic mass is 9.90. The summed E-state index contributed by atoms with van der Waals surface area (Å²) in [6.45, 7) is 4.84. The van der Waals surface area contributed by atoms with Crippen LogP contribution in [0.15, 0.2) is 11.6 Å². The summed E-state index contributed by atoms with van der Waals surface area (Å²) in [5.74, 6) is 0.454. The second kappa shape index (κ2) is 4.29. The fourth-order valence-electron chi connectivity index (χ4n) is 1.52. The lowest BCUT2D eigenvalue weighted by Crippen LogP contribution is -2.31. The SMILES string of the molecule is CCNC(=O)C1CC=C(C)CC1. The van der Waals surface area contributed by atoms with Crippen molar-refractivity contribution >= 4 is 5.91 Å². The first-order chi connectivity index (χ1) is 5.74. The van der Waals surface area contributed by atoms with Gasteiger partial charge in [0.25, 0.3) is 0 Å². The van der Waals surface area contributed by atoms with Crippen LogP contribution >= 0.6 is 0 Å². The van der Waals surface area contributed by atoms with E-state index in [9.17, 15) is 4.79 Å². The number of hydrogen-bond donors (Lipinski definition) is 1. The van der Waals surface area contributed by atoms with Crippen molar-refractivity contribution in [2.24, 2.45) is 5.92 Å². The van der Waals surface area contributed by atoms with E-state index in [0.717, 1.165) is 25.8 Å². The molecule has 1 amide bonds. The van der Waals surface area contributed by atoms with Gasteiger partial charge in [0.05, 0.1) is 0 Å². The minimum absolute atomic E-state index is 0.223.